The molecule has 3 rings (SSSR count). The Bertz CT molecular complexity index is 814. The summed E-state index contributed by atoms with van der Waals surface area (Å²) in [7, 11) is 1.66. The van der Waals surface area contributed by atoms with Crippen LogP contribution in [-0.4, -0.2) is 39.8 Å². The molecule has 0 aliphatic rings. The number of rotatable bonds is 7. The van der Waals surface area contributed by atoms with Crippen LogP contribution in [-0.2, 0) is 11.3 Å². The standard InChI is InChI=1S/C17H21N5O2/c1-12-13(2)21-17-19-11-20-22(17)16(12)18-8-9-24-10-14-4-6-15(23-3)7-5-14/h4-7,11,18H,8-10H2,1-3H3. The number of hydrogen-bond donors (Lipinski definition) is 1. The molecule has 0 aliphatic heterocycles. The Labute approximate surface area is 140 Å². The summed E-state index contributed by atoms with van der Waals surface area (Å²) in [5.41, 5.74) is 3.12. The Balaban J connectivity index is 1.53. The molecule has 0 amide bonds. The van der Waals surface area contributed by atoms with Gasteiger partial charge in [-0.15, -0.1) is 0 Å². The lowest BCUT2D eigenvalue weighted by molar-refractivity contribution is 0.130. The van der Waals surface area contributed by atoms with Gasteiger partial charge in [-0.3, -0.25) is 0 Å². The molecule has 2 heterocycles. The van der Waals surface area contributed by atoms with Gasteiger partial charge in [0.1, 0.15) is 17.9 Å². The van der Waals surface area contributed by atoms with Crippen LogP contribution in [0.2, 0.25) is 0 Å². The highest BCUT2D eigenvalue weighted by Crippen LogP contribution is 2.17. The van der Waals surface area contributed by atoms with Crippen LogP contribution in [0.4, 0.5) is 5.82 Å². The van der Waals surface area contributed by atoms with Gasteiger partial charge in [0.25, 0.3) is 5.78 Å². The van der Waals surface area contributed by atoms with Crippen molar-refractivity contribution in [2.24, 2.45) is 0 Å². The Morgan fingerprint density at radius 3 is 2.71 bits per heavy atom. The molecule has 7 heteroatoms. The lowest BCUT2D eigenvalue weighted by atomic mass is 10.2. The first kappa shape index (κ1) is 16.2. The molecule has 0 saturated carbocycles. The number of benzene rings is 1. The topological polar surface area (TPSA) is 73.6 Å². The summed E-state index contributed by atoms with van der Waals surface area (Å²) in [5.74, 6) is 2.35. The van der Waals surface area contributed by atoms with Crippen LogP contribution in [0.25, 0.3) is 5.78 Å². The molecule has 0 bridgehead atoms. The fourth-order valence-electron chi connectivity index (χ4n) is 2.39. The van der Waals surface area contributed by atoms with E-state index in [9.17, 15) is 0 Å². The first-order valence-electron chi connectivity index (χ1n) is 7.80. The monoisotopic (exact) mass is 327 g/mol. The maximum absolute atomic E-state index is 5.71. The minimum Gasteiger partial charge on any atom is -0.497 e. The van der Waals surface area contributed by atoms with Gasteiger partial charge in [-0.05, 0) is 31.5 Å². The number of nitrogens with zero attached hydrogens (tertiary/aromatic N) is 4. The lowest BCUT2D eigenvalue weighted by Gasteiger charge is -2.12. The molecule has 0 atom stereocenters. The van der Waals surface area contributed by atoms with Crippen molar-refractivity contribution in [1.29, 1.82) is 0 Å². The lowest BCUT2D eigenvalue weighted by Crippen LogP contribution is -2.14. The normalized spacial score (nSPS) is 11.0. The molecule has 0 aliphatic carbocycles. The van der Waals surface area contributed by atoms with Gasteiger partial charge in [0.2, 0.25) is 0 Å². The number of fused-ring (bicyclic) bond motifs is 1. The first-order chi connectivity index (χ1) is 11.7. The third-order valence-corrected chi connectivity index (χ3v) is 3.87. The second-order valence-electron chi connectivity index (χ2n) is 5.47. The van der Waals surface area contributed by atoms with Gasteiger partial charge in [0.05, 0.1) is 20.3 Å². The van der Waals surface area contributed by atoms with E-state index in [1.54, 1.807) is 11.6 Å². The summed E-state index contributed by atoms with van der Waals surface area (Å²) < 4.78 is 12.6. The summed E-state index contributed by atoms with van der Waals surface area (Å²) in [6, 6.07) is 7.87. The molecule has 0 radical (unpaired) electrons. The van der Waals surface area contributed by atoms with Crippen LogP contribution in [0.5, 0.6) is 5.75 Å². The van der Waals surface area contributed by atoms with Gasteiger partial charge in [-0.2, -0.15) is 14.6 Å². The Hall–Kier alpha value is -2.67. The first-order valence-corrected chi connectivity index (χ1v) is 7.80. The minimum atomic E-state index is 0.568. The average molecular weight is 327 g/mol. The summed E-state index contributed by atoms with van der Waals surface area (Å²) in [6.07, 6.45) is 1.51. The highest BCUT2D eigenvalue weighted by molar-refractivity contribution is 5.51. The number of hydrogen-bond acceptors (Lipinski definition) is 6. The van der Waals surface area contributed by atoms with Gasteiger partial charge in [0, 0.05) is 17.8 Å². The zero-order valence-electron chi connectivity index (χ0n) is 14.1. The maximum Gasteiger partial charge on any atom is 0.254 e. The van der Waals surface area contributed by atoms with Crippen LogP contribution < -0.4 is 10.1 Å². The molecule has 2 aromatic heterocycles. The third kappa shape index (κ3) is 3.46. The van der Waals surface area contributed by atoms with Crippen molar-refractivity contribution in [1.82, 2.24) is 19.6 Å². The zero-order chi connectivity index (χ0) is 16.9. The van der Waals surface area contributed by atoms with Crippen molar-refractivity contribution in [2.45, 2.75) is 20.5 Å². The predicted molar refractivity (Wildman–Crippen MR) is 91.4 cm³/mol. The van der Waals surface area contributed by atoms with Gasteiger partial charge >= 0.3 is 0 Å². The Morgan fingerprint density at radius 1 is 1.17 bits per heavy atom. The summed E-state index contributed by atoms with van der Waals surface area (Å²) in [4.78, 5) is 8.54. The SMILES string of the molecule is COc1ccc(COCCNc2c(C)c(C)nc3ncnn23)cc1. The fraction of sp³-hybridized carbons (Fsp3) is 0.353. The van der Waals surface area contributed by atoms with Crippen LogP contribution in [0.3, 0.4) is 0 Å². The molecular weight excluding hydrogens is 306 g/mol. The second kappa shape index (κ2) is 7.27. The van der Waals surface area contributed by atoms with Crippen LogP contribution in [0, 0.1) is 13.8 Å². The number of anilines is 1. The number of aryl methyl sites for hydroxylation is 1. The van der Waals surface area contributed by atoms with E-state index in [1.807, 2.05) is 38.1 Å². The predicted octanol–water partition coefficient (Wildman–Crippen LogP) is 2.38. The summed E-state index contributed by atoms with van der Waals surface area (Å²) in [6.45, 7) is 5.82. The highest BCUT2D eigenvalue weighted by Gasteiger charge is 2.10. The van der Waals surface area contributed by atoms with Crippen molar-refractivity contribution in [3.63, 3.8) is 0 Å². The quantitative estimate of drug-likeness (QED) is 0.672. The van der Waals surface area contributed by atoms with E-state index in [4.69, 9.17) is 9.47 Å². The van der Waals surface area contributed by atoms with Crippen molar-refractivity contribution in [3.05, 3.63) is 47.4 Å². The van der Waals surface area contributed by atoms with Crippen LogP contribution >= 0.6 is 0 Å². The van der Waals surface area contributed by atoms with Gasteiger partial charge in [0.15, 0.2) is 0 Å². The Morgan fingerprint density at radius 2 is 1.96 bits per heavy atom. The molecule has 1 N–H and O–H groups in total. The van der Waals surface area contributed by atoms with E-state index in [0.29, 0.717) is 25.5 Å². The fourth-order valence-corrected chi connectivity index (χ4v) is 2.39. The largest absolute Gasteiger partial charge is 0.497 e. The molecule has 0 saturated heterocycles. The average Bonchev–Trinajstić information content (AvgIpc) is 3.06. The van der Waals surface area contributed by atoms with Gasteiger partial charge in [-0.25, -0.2) is 4.98 Å². The number of aromatic nitrogens is 4. The van der Waals surface area contributed by atoms with Crippen LogP contribution in [0.15, 0.2) is 30.6 Å². The highest BCUT2D eigenvalue weighted by atomic mass is 16.5. The number of methoxy groups -OCH3 is 1. The van der Waals surface area contributed by atoms with E-state index >= 15 is 0 Å². The molecule has 24 heavy (non-hydrogen) atoms. The summed E-state index contributed by atoms with van der Waals surface area (Å²) in [5, 5.41) is 7.57. The molecular formula is C17H21N5O2. The number of nitrogens with one attached hydrogen (secondary N) is 1. The van der Waals surface area contributed by atoms with Gasteiger partial charge in [-0.1, -0.05) is 12.1 Å². The zero-order valence-corrected chi connectivity index (χ0v) is 14.1. The molecule has 3 aromatic rings. The Kier molecular flexibility index (Phi) is 4.90. The van der Waals surface area contributed by atoms with E-state index in [0.717, 1.165) is 28.4 Å². The van der Waals surface area contributed by atoms with Crippen molar-refractivity contribution >= 4 is 11.6 Å². The van der Waals surface area contributed by atoms with E-state index in [1.165, 1.54) is 6.33 Å². The van der Waals surface area contributed by atoms with Crippen LogP contribution in [0.1, 0.15) is 16.8 Å². The van der Waals surface area contributed by atoms with Crippen molar-refractivity contribution < 1.29 is 9.47 Å². The molecule has 126 valence electrons. The van der Waals surface area contributed by atoms with E-state index in [-0.39, 0.29) is 0 Å². The smallest absolute Gasteiger partial charge is 0.254 e. The summed E-state index contributed by atoms with van der Waals surface area (Å²) >= 11 is 0. The second-order valence-corrected chi connectivity index (χ2v) is 5.47. The molecule has 0 unspecified atom stereocenters. The van der Waals surface area contributed by atoms with Gasteiger partial charge < -0.3 is 14.8 Å². The van der Waals surface area contributed by atoms with E-state index < -0.39 is 0 Å². The molecule has 0 fully saturated rings. The minimum absolute atomic E-state index is 0.568. The molecule has 1 aromatic carbocycles. The van der Waals surface area contributed by atoms with E-state index in [2.05, 4.69) is 20.4 Å². The van der Waals surface area contributed by atoms with Crippen molar-refractivity contribution in [2.75, 3.05) is 25.6 Å². The molecule has 7 nitrogen and oxygen atoms in total. The maximum atomic E-state index is 5.71. The van der Waals surface area contributed by atoms with Crippen molar-refractivity contribution in [3.8, 4) is 5.75 Å². The number of ether oxygens (including phenoxy) is 2. The third-order valence-electron chi connectivity index (χ3n) is 3.87. The molecule has 0 spiro atoms.